The zero-order chi connectivity index (χ0) is 12.3. The number of H-pyrrole nitrogens is 1. The van der Waals surface area contributed by atoms with Gasteiger partial charge >= 0.3 is 0 Å². The van der Waals surface area contributed by atoms with E-state index in [1.54, 1.807) is 17.7 Å². The fraction of sp³-hybridized carbons (Fsp3) is 0.500. The predicted octanol–water partition coefficient (Wildman–Crippen LogP) is 2.45. The second-order valence-corrected chi connectivity index (χ2v) is 5.93. The van der Waals surface area contributed by atoms with Crippen molar-refractivity contribution in [1.82, 2.24) is 20.3 Å². The van der Waals surface area contributed by atoms with E-state index in [9.17, 15) is 0 Å². The molecule has 0 aromatic carbocycles. The van der Waals surface area contributed by atoms with Gasteiger partial charge in [0.2, 0.25) is 0 Å². The number of hydrogen-bond donors (Lipinski definition) is 2. The zero-order valence-electron chi connectivity index (χ0n) is 10.4. The highest BCUT2D eigenvalue weighted by Gasteiger charge is 2.17. The van der Waals surface area contributed by atoms with Crippen LogP contribution in [0.2, 0.25) is 0 Å². The van der Waals surface area contributed by atoms with Crippen molar-refractivity contribution < 1.29 is 0 Å². The summed E-state index contributed by atoms with van der Waals surface area (Å²) in [5.74, 6) is 0. The number of nitrogens with one attached hydrogen (secondary N) is 2. The Morgan fingerprint density at radius 1 is 1.35 bits per heavy atom. The molecular formula is C12H18N4S. The van der Waals surface area contributed by atoms with E-state index in [1.807, 2.05) is 6.20 Å². The van der Waals surface area contributed by atoms with Crippen molar-refractivity contribution in [3.05, 3.63) is 34.3 Å². The average Bonchev–Trinajstić information content (AvgIpc) is 2.86. The van der Waals surface area contributed by atoms with Crippen LogP contribution < -0.4 is 5.32 Å². The first-order valence-electron chi connectivity index (χ1n) is 5.68. The Labute approximate surface area is 106 Å². The smallest absolute Gasteiger partial charge is 0.0982 e. The highest BCUT2D eigenvalue weighted by atomic mass is 32.1. The number of thiazole rings is 1. The first kappa shape index (κ1) is 12.3. The van der Waals surface area contributed by atoms with Crippen molar-refractivity contribution in [3.8, 4) is 0 Å². The van der Waals surface area contributed by atoms with Gasteiger partial charge in [-0.3, -0.25) is 0 Å². The van der Waals surface area contributed by atoms with Gasteiger partial charge in [0, 0.05) is 35.8 Å². The molecule has 0 bridgehead atoms. The van der Waals surface area contributed by atoms with E-state index in [1.165, 1.54) is 5.01 Å². The third kappa shape index (κ3) is 3.38. The van der Waals surface area contributed by atoms with Crippen LogP contribution in [0.1, 0.15) is 37.2 Å². The zero-order valence-corrected chi connectivity index (χ0v) is 11.3. The molecule has 0 atom stereocenters. The molecule has 2 N–H and O–H groups in total. The minimum Gasteiger partial charge on any atom is -0.347 e. The highest BCUT2D eigenvalue weighted by Crippen LogP contribution is 2.25. The summed E-state index contributed by atoms with van der Waals surface area (Å²) in [6.07, 6.45) is 3.52. The van der Waals surface area contributed by atoms with E-state index in [4.69, 9.17) is 0 Å². The van der Waals surface area contributed by atoms with Crippen LogP contribution in [0.3, 0.4) is 0 Å². The van der Waals surface area contributed by atoms with Gasteiger partial charge in [-0.2, -0.15) is 0 Å². The monoisotopic (exact) mass is 250 g/mol. The largest absolute Gasteiger partial charge is 0.347 e. The van der Waals surface area contributed by atoms with Gasteiger partial charge in [0.1, 0.15) is 0 Å². The van der Waals surface area contributed by atoms with E-state index in [0.717, 1.165) is 24.5 Å². The lowest BCUT2D eigenvalue weighted by Crippen LogP contribution is -2.14. The Hall–Kier alpha value is -1.20. The van der Waals surface area contributed by atoms with Crippen LogP contribution in [0.4, 0.5) is 0 Å². The van der Waals surface area contributed by atoms with Crippen molar-refractivity contribution in [3.63, 3.8) is 0 Å². The number of rotatable bonds is 4. The lowest BCUT2D eigenvalue weighted by atomic mass is 9.98. The van der Waals surface area contributed by atoms with Gasteiger partial charge in [0.25, 0.3) is 0 Å². The van der Waals surface area contributed by atoms with Gasteiger partial charge in [-0.05, 0) is 0 Å². The molecule has 17 heavy (non-hydrogen) atoms. The summed E-state index contributed by atoms with van der Waals surface area (Å²) in [6, 6.07) is 0. The molecule has 92 valence electrons. The molecule has 0 aliphatic heterocycles. The van der Waals surface area contributed by atoms with Crippen LogP contribution in [0.25, 0.3) is 0 Å². The Bertz CT molecular complexity index is 453. The average molecular weight is 250 g/mol. The first-order chi connectivity index (χ1) is 8.05. The van der Waals surface area contributed by atoms with Crippen LogP contribution >= 0.6 is 11.3 Å². The molecule has 0 aliphatic carbocycles. The summed E-state index contributed by atoms with van der Waals surface area (Å²) in [5, 5.41) is 6.66. The van der Waals surface area contributed by atoms with E-state index in [-0.39, 0.29) is 5.41 Å². The van der Waals surface area contributed by atoms with E-state index >= 15 is 0 Å². The maximum absolute atomic E-state index is 4.63. The number of imidazole rings is 1. The molecule has 0 radical (unpaired) electrons. The number of aromatic nitrogens is 3. The second kappa shape index (κ2) is 4.98. The molecule has 5 heteroatoms. The third-order valence-corrected chi connectivity index (χ3v) is 3.69. The number of hydrogen-bond acceptors (Lipinski definition) is 4. The Kier molecular flexibility index (Phi) is 3.59. The number of aromatic amines is 1. The maximum Gasteiger partial charge on any atom is 0.0982 e. The normalized spacial score (nSPS) is 11.9. The molecule has 0 aliphatic rings. The molecule has 0 fully saturated rings. The van der Waals surface area contributed by atoms with Crippen molar-refractivity contribution >= 4 is 11.3 Å². The Morgan fingerprint density at radius 3 is 2.76 bits per heavy atom. The van der Waals surface area contributed by atoms with Crippen LogP contribution in [0.5, 0.6) is 0 Å². The van der Waals surface area contributed by atoms with Crippen molar-refractivity contribution in [2.75, 3.05) is 0 Å². The third-order valence-electron chi connectivity index (χ3n) is 2.37. The van der Waals surface area contributed by atoms with Crippen LogP contribution in [-0.2, 0) is 18.5 Å². The van der Waals surface area contributed by atoms with Crippen molar-refractivity contribution in [1.29, 1.82) is 0 Å². The van der Waals surface area contributed by atoms with Crippen LogP contribution in [0, 0.1) is 0 Å². The van der Waals surface area contributed by atoms with E-state index in [2.05, 4.69) is 46.4 Å². The van der Waals surface area contributed by atoms with Gasteiger partial charge in [-0.1, -0.05) is 20.8 Å². The van der Waals surface area contributed by atoms with Crippen LogP contribution in [0.15, 0.2) is 17.9 Å². The molecule has 0 spiro atoms. The van der Waals surface area contributed by atoms with E-state index in [0.29, 0.717) is 0 Å². The standard InChI is InChI=1S/C12H18N4S/c1-12(2,3)11-16-10(7-17-11)6-13-4-9-5-14-8-15-9/h5,7-8,13H,4,6H2,1-3H3,(H,14,15). The topological polar surface area (TPSA) is 53.6 Å². The molecule has 4 nitrogen and oxygen atoms in total. The van der Waals surface area contributed by atoms with Crippen molar-refractivity contribution in [2.24, 2.45) is 0 Å². The highest BCUT2D eigenvalue weighted by molar-refractivity contribution is 7.09. The summed E-state index contributed by atoms with van der Waals surface area (Å²) < 4.78 is 0. The van der Waals surface area contributed by atoms with Crippen molar-refractivity contribution in [2.45, 2.75) is 39.3 Å². The first-order valence-corrected chi connectivity index (χ1v) is 6.56. The summed E-state index contributed by atoms with van der Waals surface area (Å²) in [7, 11) is 0. The minimum absolute atomic E-state index is 0.145. The molecule has 2 rings (SSSR count). The summed E-state index contributed by atoms with van der Waals surface area (Å²) in [6.45, 7) is 8.16. The molecule has 0 saturated heterocycles. The number of nitrogens with zero attached hydrogens (tertiary/aromatic N) is 2. The summed E-state index contributed by atoms with van der Waals surface area (Å²) in [5.41, 5.74) is 2.35. The lowest BCUT2D eigenvalue weighted by molar-refractivity contribution is 0.579. The second-order valence-electron chi connectivity index (χ2n) is 5.07. The van der Waals surface area contributed by atoms with Gasteiger partial charge in [-0.15, -0.1) is 11.3 Å². The molecular weight excluding hydrogens is 232 g/mol. The fourth-order valence-corrected chi connectivity index (χ4v) is 2.35. The van der Waals surface area contributed by atoms with Gasteiger partial charge < -0.3 is 10.3 Å². The molecule has 0 saturated carbocycles. The van der Waals surface area contributed by atoms with Gasteiger partial charge in [0.05, 0.1) is 17.0 Å². The minimum atomic E-state index is 0.145. The predicted molar refractivity (Wildman–Crippen MR) is 69.9 cm³/mol. The van der Waals surface area contributed by atoms with Gasteiger partial charge in [0.15, 0.2) is 0 Å². The molecule has 2 heterocycles. The quantitative estimate of drug-likeness (QED) is 0.876. The summed E-state index contributed by atoms with van der Waals surface area (Å²) >= 11 is 1.73. The SMILES string of the molecule is CC(C)(C)c1nc(CNCc2cnc[nH]2)cs1. The molecule has 0 unspecified atom stereocenters. The van der Waals surface area contributed by atoms with Crippen LogP contribution in [-0.4, -0.2) is 15.0 Å². The Morgan fingerprint density at radius 2 is 2.18 bits per heavy atom. The fourth-order valence-electron chi connectivity index (χ4n) is 1.44. The van der Waals surface area contributed by atoms with Gasteiger partial charge in [-0.25, -0.2) is 9.97 Å². The van der Waals surface area contributed by atoms with E-state index < -0.39 is 0 Å². The molecule has 2 aromatic heterocycles. The lowest BCUT2D eigenvalue weighted by Gasteiger charge is -2.13. The maximum atomic E-state index is 4.63. The summed E-state index contributed by atoms with van der Waals surface area (Å²) in [4.78, 5) is 11.7. The molecule has 0 amide bonds. The molecule has 2 aromatic rings. The Balaban J connectivity index is 1.85.